The first-order valence-corrected chi connectivity index (χ1v) is 11.2. The average Bonchev–Trinajstić information content (AvgIpc) is 3.24. The van der Waals surface area contributed by atoms with Gasteiger partial charge in [-0.1, -0.05) is 0 Å². The lowest BCUT2D eigenvalue weighted by atomic mass is 9.89. The van der Waals surface area contributed by atoms with Crippen LogP contribution in [-0.2, 0) is 13.0 Å². The van der Waals surface area contributed by atoms with Crippen molar-refractivity contribution in [2.24, 2.45) is 0 Å². The van der Waals surface area contributed by atoms with Crippen LogP contribution in [0.15, 0.2) is 41.5 Å². The number of hydrogen-bond acceptors (Lipinski definition) is 8. The highest BCUT2D eigenvalue weighted by atomic mass is 32.1. The van der Waals surface area contributed by atoms with Gasteiger partial charge in [-0.15, -0.1) is 11.3 Å². The Morgan fingerprint density at radius 1 is 1.09 bits per heavy atom. The fourth-order valence-corrected chi connectivity index (χ4v) is 4.76. The fraction of sp³-hybridized carbons (Fsp3) is 0.200. The van der Waals surface area contributed by atoms with Crippen molar-refractivity contribution in [3.63, 3.8) is 0 Å². The molecule has 170 valence electrons. The number of aryl methyl sites for hydroxylation is 3. The number of nitriles is 2. The molecule has 8 nitrogen and oxygen atoms in total. The number of methoxy groups -OCH3 is 2. The lowest BCUT2D eigenvalue weighted by molar-refractivity contribution is 0.394. The van der Waals surface area contributed by atoms with E-state index in [9.17, 15) is 15.3 Å². The van der Waals surface area contributed by atoms with Gasteiger partial charge in [-0.05, 0) is 48.7 Å². The normalized spacial score (nSPS) is 10.6. The third-order valence-corrected chi connectivity index (χ3v) is 6.54. The molecule has 2 heterocycles. The highest BCUT2D eigenvalue weighted by molar-refractivity contribution is 7.18. The Hall–Kier alpha value is -4.34. The molecule has 0 saturated carbocycles. The Kier molecular flexibility index (Phi) is 6.22. The summed E-state index contributed by atoms with van der Waals surface area (Å²) in [7, 11) is 3.08. The van der Waals surface area contributed by atoms with Gasteiger partial charge in [0.05, 0.1) is 42.7 Å². The van der Waals surface area contributed by atoms with Crippen LogP contribution < -0.4 is 20.8 Å². The number of ether oxygens (including phenoxy) is 2. The maximum absolute atomic E-state index is 13.0. The maximum Gasteiger partial charge on any atom is 0.262 e. The maximum atomic E-state index is 13.0. The van der Waals surface area contributed by atoms with Crippen molar-refractivity contribution < 1.29 is 9.47 Å². The molecule has 0 bridgehead atoms. The van der Waals surface area contributed by atoms with Gasteiger partial charge in [0.25, 0.3) is 5.56 Å². The van der Waals surface area contributed by atoms with Crippen molar-refractivity contribution in [3.05, 3.63) is 68.6 Å². The number of benzene rings is 2. The van der Waals surface area contributed by atoms with Crippen LogP contribution in [0.2, 0.25) is 0 Å². The predicted octanol–water partition coefficient (Wildman–Crippen LogP) is 4.02. The topological polar surface area (TPSA) is 127 Å². The summed E-state index contributed by atoms with van der Waals surface area (Å²) in [5.74, 6) is 1.09. The lowest BCUT2D eigenvalue weighted by Gasteiger charge is -2.17. The van der Waals surface area contributed by atoms with Gasteiger partial charge in [-0.25, -0.2) is 4.98 Å². The molecule has 4 aromatic rings. The predicted molar refractivity (Wildman–Crippen MR) is 131 cm³/mol. The van der Waals surface area contributed by atoms with Crippen molar-refractivity contribution >= 4 is 27.2 Å². The first-order chi connectivity index (χ1) is 16.4. The summed E-state index contributed by atoms with van der Waals surface area (Å²) in [6, 6.07) is 13.0. The molecule has 0 amide bonds. The molecule has 2 N–H and O–H groups in total. The Bertz CT molecular complexity index is 1530. The van der Waals surface area contributed by atoms with Crippen molar-refractivity contribution in [1.82, 2.24) is 9.55 Å². The van der Waals surface area contributed by atoms with Gasteiger partial charge in [-0.2, -0.15) is 10.5 Å². The molecule has 2 aromatic carbocycles. The third kappa shape index (κ3) is 4.05. The minimum atomic E-state index is -0.129. The third-order valence-electron chi connectivity index (χ3n) is 5.58. The van der Waals surface area contributed by atoms with Crippen LogP contribution in [0, 0.1) is 29.6 Å². The van der Waals surface area contributed by atoms with E-state index in [-0.39, 0.29) is 22.4 Å². The van der Waals surface area contributed by atoms with Crippen LogP contribution in [0.5, 0.6) is 11.5 Å². The molecule has 34 heavy (non-hydrogen) atoms. The van der Waals surface area contributed by atoms with Crippen molar-refractivity contribution in [1.29, 1.82) is 10.5 Å². The van der Waals surface area contributed by atoms with E-state index in [2.05, 4.69) is 17.1 Å². The van der Waals surface area contributed by atoms with Gasteiger partial charge in [0.15, 0.2) is 0 Å². The minimum absolute atomic E-state index is 0.111. The van der Waals surface area contributed by atoms with E-state index in [1.165, 1.54) is 17.7 Å². The average molecular weight is 472 g/mol. The number of fused-ring (bicyclic) bond motifs is 1. The second-order valence-corrected chi connectivity index (χ2v) is 8.88. The smallest absolute Gasteiger partial charge is 0.262 e. The molecule has 0 radical (unpaired) electrons. The van der Waals surface area contributed by atoms with Crippen molar-refractivity contribution in [3.8, 4) is 34.8 Å². The van der Waals surface area contributed by atoms with Crippen LogP contribution in [0.3, 0.4) is 0 Å². The standard InChI is InChI=1S/C25H21N5O3S/c1-14-6-20-24(34-14)29-13-30(25(20)31)5-4-15-7-17(11-26)23(28)21(12-27)22(15)16-8-18(32-2)10-19(9-16)33-3/h6-10,13H,4-5,28H2,1-3H3. The van der Waals surface area contributed by atoms with E-state index in [1.807, 2.05) is 13.0 Å². The van der Waals surface area contributed by atoms with E-state index in [0.29, 0.717) is 51.4 Å². The summed E-state index contributed by atoms with van der Waals surface area (Å²) < 4.78 is 12.3. The van der Waals surface area contributed by atoms with Crippen LogP contribution in [0.4, 0.5) is 5.69 Å². The molecule has 0 fully saturated rings. The van der Waals surface area contributed by atoms with Crippen molar-refractivity contribution in [2.75, 3.05) is 20.0 Å². The van der Waals surface area contributed by atoms with Crippen LogP contribution >= 0.6 is 11.3 Å². The molecular formula is C25H21N5O3S. The largest absolute Gasteiger partial charge is 0.497 e. The molecule has 0 spiro atoms. The highest BCUT2D eigenvalue weighted by Crippen LogP contribution is 2.37. The molecule has 4 rings (SSSR count). The van der Waals surface area contributed by atoms with Gasteiger partial charge < -0.3 is 15.2 Å². The van der Waals surface area contributed by atoms with Crippen LogP contribution in [0.25, 0.3) is 21.3 Å². The van der Waals surface area contributed by atoms with E-state index in [4.69, 9.17) is 15.2 Å². The molecule has 0 atom stereocenters. The molecule has 0 aliphatic rings. The van der Waals surface area contributed by atoms with Crippen molar-refractivity contribution in [2.45, 2.75) is 19.9 Å². The molecule has 0 aliphatic carbocycles. The number of anilines is 1. The van der Waals surface area contributed by atoms with Gasteiger partial charge >= 0.3 is 0 Å². The molecule has 0 aliphatic heterocycles. The highest BCUT2D eigenvalue weighted by Gasteiger charge is 2.20. The first kappa shape index (κ1) is 22.8. The molecule has 0 unspecified atom stereocenters. The Morgan fingerprint density at radius 3 is 2.41 bits per heavy atom. The summed E-state index contributed by atoms with van der Waals surface area (Å²) in [6.45, 7) is 2.25. The zero-order chi connectivity index (χ0) is 24.4. The van der Waals surface area contributed by atoms with Gasteiger partial charge in [0.2, 0.25) is 0 Å². The first-order valence-electron chi connectivity index (χ1n) is 10.3. The van der Waals surface area contributed by atoms with E-state index in [0.717, 1.165) is 4.88 Å². The molecular weight excluding hydrogens is 450 g/mol. The Morgan fingerprint density at radius 2 is 1.79 bits per heavy atom. The minimum Gasteiger partial charge on any atom is -0.497 e. The van der Waals surface area contributed by atoms with E-state index >= 15 is 0 Å². The molecule has 2 aromatic heterocycles. The van der Waals surface area contributed by atoms with Gasteiger partial charge in [0.1, 0.15) is 28.5 Å². The van der Waals surface area contributed by atoms with Gasteiger partial charge in [-0.3, -0.25) is 9.36 Å². The van der Waals surface area contributed by atoms with Crippen LogP contribution in [-0.4, -0.2) is 23.8 Å². The number of hydrogen-bond donors (Lipinski definition) is 1. The van der Waals surface area contributed by atoms with Gasteiger partial charge in [0, 0.05) is 23.1 Å². The SMILES string of the molecule is COc1cc(OC)cc(-c2c(CCn3cnc4sc(C)cc4c3=O)cc(C#N)c(N)c2C#N)c1. The zero-order valence-electron chi connectivity index (χ0n) is 18.9. The monoisotopic (exact) mass is 471 g/mol. The summed E-state index contributed by atoms with van der Waals surface area (Å²) in [6.07, 6.45) is 1.90. The number of nitrogens with two attached hydrogens (primary N) is 1. The second kappa shape index (κ2) is 9.26. The summed E-state index contributed by atoms with van der Waals surface area (Å²) in [5.41, 5.74) is 8.49. The number of thiophene rings is 1. The number of aromatic nitrogens is 2. The quantitative estimate of drug-likeness (QED) is 0.421. The van der Waals surface area contributed by atoms with E-state index in [1.54, 1.807) is 43.1 Å². The summed E-state index contributed by atoms with van der Waals surface area (Å²) in [5, 5.41) is 20.1. The Labute approximate surface area is 200 Å². The lowest BCUT2D eigenvalue weighted by Crippen LogP contribution is -2.21. The second-order valence-electron chi connectivity index (χ2n) is 7.64. The summed E-state index contributed by atoms with van der Waals surface area (Å²) >= 11 is 1.47. The molecule has 0 saturated heterocycles. The number of nitrogen functional groups attached to an aromatic ring is 1. The Balaban J connectivity index is 1.86. The van der Waals surface area contributed by atoms with Crippen LogP contribution in [0.1, 0.15) is 21.6 Å². The summed E-state index contributed by atoms with van der Waals surface area (Å²) in [4.78, 5) is 19.1. The zero-order valence-corrected chi connectivity index (χ0v) is 19.7. The van der Waals surface area contributed by atoms with E-state index < -0.39 is 0 Å². The fourth-order valence-electron chi connectivity index (χ4n) is 3.92. The number of nitrogens with zero attached hydrogens (tertiary/aromatic N) is 4. The molecule has 9 heteroatoms. The number of rotatable bonds is 6.